The third-order valence-corrected chi connectivity index (χ3v) is 6.65. The lowest BCUT2D eigenvalue weighted by Gasteiger charge is -2.31. The van der Waals surface area contributed by atoms with Gasteiger partial charge in [-0.2, -0.15) is 0 Å². The fraction of sp³-hybridized carbons (Fsp3) is 0.440. The Bertz CT molecular complexity index is 1280. The molecule has 1 aliphatic rings. The second-order valence-corrected chi connectivity index (χ2v) is 9.38. The highest BCUT2D eigenvalue weighted by molar-refractivity contribution is 6.30. The summed E-state index contributed by atoms with van der Waals surface area (Å²) in [5.41, 5.74) is 1.28. The highest BCUT2D eigenvalue weighted by Gasteiger charge is 2.35. The SMILES string of the molecule is CCCCCn1c(N2CCC[C@H]2C(=O)N(C)CC(=O)O)cc(=O)n2cc(-c3ccc(Cl)cc3)nc12. The van der Waals surface area contributed by atoms with E-state index in [1.807, 2.05) is 21.6 Å². The van der Waals surface area contributed by atoms with E-state index in [1.165, 1.54) is 11.9 Å². The molecule has 0 spiro atoms. The third-order valence-electron chi connectivity index (χ3n) is 6.40. The van der Waals surface area contributed by atoms with E-state index in [1.54, 1.807) is 28.8 Å². The topological polar surface area (TPSA) is 100 Å². The molecule has 0 unspecified atom stereocenters. The smallest absolute Gasteiger partial charge is 0.323 e. The number of halogens is 1. The first-order chi connectivity index (χ1) is 16.8. The van der Waals surface area contributed by atoms with Crippen molar-refractivity contribution < 1.29 is 14.7 Å². The van der Waals surface area contributed by atoms with Gasteiger partial charge in [-0.15, -0.1) is 0 Å². The van der Waals surface area contributed by atoms with Crippen LogP contribution in [0.15, 0.2) is 41.3 Å². The molecule has 1 atom stereocenters. The summed E-state index contributed by atoms with van der Waals surface area (Å²) in [5.74, 6) is -0.157. The number of carboxylic acids is 1. The van der Waals surface area contributed by atoms with Crippen molar-refractivity contribution in [2.45, 2.75) is 51.6 Å². The lowest BCUT2D eigenvalue weighted by atomic mass is 10.2. The highest BCUT2D eigenvalue weighted by atomic mass is 35.5. The monoisotopic (exact) mass is 499 g/mol. The normalized spacial score (nSPS) is 15.6. The molecule has 1 N–H and O–H groups in total. The Morgan fingerprint density at radius 3 is 2.66 bits per heavy atom. The first-order valence-corrected chi connectivity index (χ1v) is 12.3. The number of aliphatic carboxylic acids is 1. The van der Waals surface area contributed by atoms with E-state index in [0.717, 1.165) is 31.2 Å². The van der Waals surface area contributed by atoms with Crippen molar-refractivity contribution >= 4 is 35.1 Å². The number of carbonyl (C=O) groups excluding carboxylic acids is 1. The van der Waals surface area contributed by atoms with E-state index in [4.69, 9.17) is 21.7 Å². The van der Waals surface area contributed by atoms with Crippen molar-refractivity contribution in [2.24, 2.45) is 0 Å². The van der Waals surface area contributed by atoms with Gasteiger partial charge in [-0.25, -0.2) is 4.98 Å². The Hall–Kier alpha value is -3.33. The maximum absolute atomic E-state index is 13.2. The summed E-state index contributed by atoms with van der Waals surface area (Å²) in [4.78, 5) is 45.4. The number of imidazole rings is 1. The van der Waals surface area contributed by atoms with Gasteiger partial charge in [-0.3, -0.25) is 23.4 Å². The van der Waals surface area contributed by atoms with Crippen LogP contribution in [0.2, 0.25) is 5.02 Å². The number of aryl methyl sites for hydroxylation is 1. The van der Waals surface area contributed by atoms with Crippen molar-refractivity contribution in [3.8, 4) is 11.3 Å². The zero-order valence-electron chi connectivity index (χ0n) is 20.0. The van der Waals surface area contributed by atoms with Crippen molar-refractivity contribution in [3.63, 3.8) is 0 Å². The summed E-state index contributed by atoms with van der Waals surface area (Å²) < 4.78 is 3.56. The number of unbranched alkanes of at least 4 members (excludes halogenated alkanes) is 2. The van der Waals surface area contributed by atoms with E-state index < -0.39 is 12.0 Å². The van der Waals surface area contributed by atoms with E-state index in [0.29, 0.717) is 41.8 Å². The minimum absolute atomic E-state index is 0.230. The Morgan fingerprint density at radius 2 is 1.97 bits per heavy atom. The van der Waals surface area contributed by atoms with E-state index in [2.05, 4.69) is 6.92 Å². The fourth-order valence-corrected chi connectivity index (χ4v) is 4.77. The number of fused-ring (bicyclic) bond motifs is 1. The van der Waals surface area contributed by atoms with Gasteiger partial charge >= 0.3 is 5.97 Å². The first kappa shape index (κ1) is 24.8. The number of likely N-dealkylation sites (N-methyl/N-ethyl adjacent to an activating group) is 1. The molecule has 10 heteroatoms. The average Bonchev–Trinajstić information content (AvgIpc) is 3.48. The predicted molar refractivity (Wildman–Crippen MR) is 135 cm³/mol. The molecule has 0 bridgehead atoms. The zero-order chi connectivity index (χ0) is 25.1. The van der Waals surface area contributed by atoms with E-state index in [9.17, 15) is 14.4 Å². The number of nitrogens with zero attached hydrogens (tertiary/aromatic N) is 5. The minimum Gasteiger partial charge on any atom is -0.480 e. The lowest BCUT2D eigenvalue weighted by molar-refractivity contribution is -0.143. The summed E-state index contributed by atoms with van der Waals surface area (Å²) in [7, 11) is 1.50. The Balaban J connectivity index is 1.79. The molecule has 1 amide bonds. The van der Waals surface area contributed by atoms with Gasteiger partial charge in [-0.05, 0) is 31.4 Å². The summed E-state index contributed by atoms with van der Waals surface area (Å²) in [6, 6.07) is 8.34. The molecule has 3 heterocycles. The molecular formula is C25H30ClN5O4. The van der Waals surface area contributed by atoms with Crippen molar-refractivity contribution in [2.75, 3.05) is 25.0 Å². The second kappa shape index (κ2) is 10.5. The molecule has 35 heavy (non-hydrogen) atoms. The van der Waals surface area contributed by atoms with Crippen LogP contribution in [0.4, 0.5) is 5.82 Å². The number of carbonyl (C=O) groups is 2. The van der Waals surface area contributed by atoms with Crippen LogP contribution in [0.5, 0.6) is 0 Å². The number of benzene rings is 1. The van der Waals surface area contributed by atoms with Crippen LogP contribution in [0.3, 0.4) is 0 Å². The number of carboxylic acid groups (broad SMARTS) is 1. The maximum atomic E-state index is 13.2. The fourth-order valence-electron chi connectivity index (χ4n) is 4.65. The summed E-state index contributed by atoms with van der Waals surface area (Å²) >= 11 is 6.03. The molecule has 1 fully saturated rings. The number of rotatable bonds is 9. The molecule has 0 radical (unpaired) electrons. The van der Waals surface area contributed by atoms with Crippen LogP contribution in [0.25, 0.3) is 17.0 Å². The molecule has 4 rings (SSSR count). The third kappa shape index (κ3) is 5.19. The maximum Gasteiger partial charge on any atom is 0.323 e. The second-order valence-electron chi connectivity index (χ2n) is 8.94. The molecule has 186 valence electrons. The molecular weight excluding hydrogens is 470 g/mol. The largest absolute Gasteiger partial charge is 0.480 e. The molecule has 3 aromatic rings. The van der Waals surface area contributed by atoms with Crippen LogP contribution in [-0.2, 0) is 16.1 Å². The van der Waals surface area contributed by atoms with Crippen LogP contribution >= 0.6 is 11.6 Å². The lowest BCUT2D eigenvalue weighted by Crippen LogP contribution is -2.47. The van der Waals surface area contributed by atoms with Gasteiger partial charge in [0.05, 0.1) is 5.69 Å². The van der Waals surface area contributed by atoms with E-state index >= 15 is 0 Å². The molecule has 0 saturated carbocycles. The zero-order valence-corrected chi connectivity index (χ0v) is 20.7. The van der Waals surface area contributed by atoms with Gasteiger partial charge in [-0.1, -0.05) is 43.5 Å². The molecule has 9 nitrogen and oxygen atoms in total. The van der Waals surface area contributed by atoms with Gasteiger partial charge in [0.1, 0.15) is 18.4 Å². The molecule has 1 aromatic carbocycles. The number of hydrogen-bond donors (Lipinski definition) is 1. The number of aromatic nitrogens is 3. The molecule has 0 aliphatic carbocycles. The number of hydrogen-bond acceptors (Lipinski definition) is 5. The van der Waals surface area contributed by atoms with Crippen molar-refractivity contribution in [3.05, 3.63) is 51.9 Å². The van der Waals surface area contributed by atoms with Crippen LogP contribution < -0.4 is 10.5 Å². The Morgan fingerprint density at radius 1 is 1.23 bits per heavy atom. The highest BCUT2D eigenvalue weighted by Crippen LogP contribution is 2.29. The summed E-state index contributed by atoms with van der Waals surface area (Å²) in [5, 5.41) is 9.74. The first-order valence-electron chi connectivity index (χ1n) is 11.9. The van der Waals surface area contributed by atoms with Crippen LogP contribution in [-0.4, -0.2) is 62.0 Å². The van der Waals surface area contributed by atoms with Gasteiger partial charge in [0.15, 0.2) is 0 Å². The molecule has 1 saturated heterocycles. The minimum atomic E-state index is -1.06. The predicted octanol–water partition coefficient (Wildman–Crippen LogP) is 3.52. The van der Waals surface area contributed by atoms with Crippen LogP contribution in [0.1, 0.15) is 39.0 Å². The quantitative estimate of drug-likeness (QED) is 0.452. The summed E-state index contributed by atoms with van der Waals surface area (Å²) in [6.45, 7) is 3.01. The van der Waals surface area contributed by atoms with E-state index in [-0.39, 0.29) is 18.0 Å². The Kier molecular flexibility index (Phi) is 7.45. The average molecular weight is 500 g/mol. The van der Waals surface area contributed by atoms with Gasteiger partial charge in [0, 0.05) is 43.0 Å². The number of anilines is 1. The van der Waals surface area contributed by atoms with Gasteiger partial charge in [0.25, 0.3) is 5.56 Å². The standard InChI is InChI=1S/C25H30ClN5O4/c1-3-4-5-12-30-21(29-13-6-7-20(29)24(35)28(2)16-23(33)34)14-22(32)31-15-19(27-25(30)31)17-8-10-18(26)11-9-17/h8-11,14-15,20H,3-7,12-13,16H2,1-2H3,(H,33,34)/t20-/m0/s1. The Labute approximate surface area is 208 Å². The van der Waals surface area contributed by atoms with Crippen LogP contribution in [0, 0.1) is 0 Å². The molecule has 2 aromatic heterocycles. The van der Waals surface area contributed by atoms with Crippen molar-refractivity contribution in [1.29, 1.82) is 0 Å². The molecule has 1 aliphatic heterocycles. The number of amides is 1. The van der Waals surface area contributed by atoms with Gasteiger partial charge in [0.2, 0.25) is 11.7 Å². The van der Waals surface area contributed by atoms with Gasteiger partial charge < -0.3 is 14.9 Å². The summed E-state index contributed by atoms with van der Waals surface area (Å²) in [6.07, 6.45) is 6.07. The van der Waals surface area contributed by atoms with Crippen molar-refractivity contribution in [1.82, 2.24) is 18.9 Å².